The minimum absolute atomic E-state index is 0.409. The maximum absolute atomic E-state index is 5.93. The summed E-state index contributed by atoms with van der Waals surface area (Å²) in [7, 11) is 0. The van der Waals surface area contributed by atoms with Crippen LogP contribution in [0.5, 0.6) is 0 Å². The first-order valence-electron chi connectivity index (χ1n) is 6.48. The van der Waals surface area contributed by atoms with Gasteiger partial charge >= 0.3 is 0 Å². The molecule has 18 heavy (non-hydrogen) atoms. The summed E-state index contributed by atoms with van der Waals surface area (Å²) in [5, 5.41) is 3.24. The van der Waals surface area contributed by atoms with Gasteiger partial charge in [-0.15, -0.1) is 11.3 Å². The lowest BCUT2D eigenvalue weighted by molar-refractivity contribution is 0.398. The van der Waals surface area contributed by atoms with E-state index in [1.807, 2.05) is 0 Å². The fourth-order valence-corrected chi connectivity index (χ4v) is 3.61. The number of nitrogens with zero attached hydrogens (tertiary/aromatic N) is 3. The summed E-state index contributed by atoms with van der Waals surface area (Å²) >= 11 is 1.67. The SMILES string of the molecule is CC1CCCC(CN)N1c1ncnc2sccc12. The fourth-order valence-electron chi connectivity index (χ4n) is 2.88. The first kappa shape index (κ1) is 11.9. The van der Waals surface area contributed by atoms with E-state index in [0.29, 0.717) is 18.6 Å². The molecule has 4 nitrogen and oxygen atoms in total. The lowest BCUT2D eigenvalue weighted by Gasteiger charge is -2.41. The van der Waals surface area contributed by atoms with E-state index in [2.05, 4.69) is 33.2 Å². The van der Waals surface area contributed by atoms with Crippen molar-refractivity contribution >= 4 is 27.4 Å². The number of rotatable bonds is 2. The topological polar surface area (TPSA) is 55.0 Å². The number of hydrogen-bond donors (Lipinski definition) is 1. The molecule has 1 aliphatic rings. The molecule has 2 aromatic heterocycles. The highest BCUT2D eigenvalue weighted by atomic mass is 32.1. The van der Waals surface area contributed by atoms with Crippen LogP contribution in [0.1, 0.15) is 26.2 Å². The van der Waals surface area contributed by atoms with Gasteiger partial charge in [0.05, 0.1) is 5.39 Å². The quantitative estimate of drug-likeness (QED) is 0.903. The van der Waals surface area contributed by atoms with Crippen molar-refractivity contribution in [1.82, 2.24) is 9.97 Å². The predicted molar refractivity (Wildman–Crippen MR) is 76.0 cm³/mol. The molecule has 0 saturated carbocycles. The van der Waals surface area contributed by atoms with E-state index >= 15 is 0 Å². The van der Waals surface area contributed by atoms with E-state index in [1.54, 1.807) is 17.7 Å². The second-order valence-corrected chi connectivity index (χ2v) is 5.81. The van der Waals surface area contributed by atoms with Crippen LogP contribution in [0.25, 0.3) is 10.2 Å². The van der Waals surface area contributed by atoms with Gasteiger partial charge in [-0.1, -0.05) is 0 Å². The Labute approximate surface area is 111 Å². The molecule has 0 amide bonds. The molecular weight excluding hydrogens is 244 g/mol. The molecular formula is C13H18N4S. The molecule has 2 unspecified atom stereocenters. The van der Waals surface area contributed by atoms with E-state index < -0.39 is 0 Å². The third-order valence-electron chi connectivity index (χ3n) is 3.78. The average Bonchev–Trinajstić information content (AvgIpc) is 2.86. The Balaban J connectivity index is 2.08. The van der Waals surface area contributed by atoms with Gasteiger partial charge in [0.25, 0.3) is 0 Å². The zero-order valence-electron chi connectivity index (χ0n) is 10.5. The second-order valence-electron chi connectivity index (χ2n) is 4.91. The molecule has 1 aliphatic heterocycles. The zero-order chi connectivity index (χ0) is 12.5. The predicted octanol–water partition coefficient (Wildman–Crippen LogP) is 2.40. The van der Waals surface area contributed by atoms with E-state index in [4.69, 9.17) is 5.73 Å². The van der Waals surface area contributed by atoms with Gasteiger partial charge in [0, 0.05) is 18.6 Å². The molecule has 1 saturated heterocycles. The van der Waals surface area contributed by atoms with E-state index in [1.165, 1.54) is 12.8 Å². The van der Waals surface area contributed by atoms with Crippen molar-refractivity contribution in [3.63, 3.8) is 0 Å². The smallest absolute Gasteiger partial charge is 0.141 e. The van der Waals surface area contributed by atoms with Gasteiger partial charge in [0.2, 0.25) is 0 Å². The molecule has 2 atom stereocenters. The molecule has 0 aromatic carbocycles. The number of thiophene rings is 1. The molecule has 3 rings (SSSR count). The van der Waals surface area contributed by atoms with Crippen molar-refractivity contribution in [2.45, 2.75) is 38.3 Å². The van der Waals surface area contributed by atoms with Crippen LogP contribution < -0.4 is 10.6 Å². The molecule has 0 spiro atoms. The van der Waals surface area contributed by atoms with Crippen molar-refractivity contribution in [2.24, 2.45) is 5.73 Å². The van der Waals surface area contributed by atoms with Crippen LogP contribution in [0, 0.1) is 0 Å². The van der Waals surface area contributed by atoms with Crippen molar-refractivity contribution in [3.05, 3.63) is 17.8 Å². The normalized spacial score (nSPS) is 24.7. The molecule has 0 radical (unpaired) electrons. The molecule has 0 aliphatic carbocycles. The average molecular weight is 262 g/mol. The summed E-state index contributed by atoms with van der Waals surface area (Å²) in [5.41, 5.74) is 5.93. The summed E-state index contributed by atoms with van der Waals surface area (Å²) in [6.45, 7) is 2.96. The third kappa shape index (κ3) is 1.87. The Morgan fingerprint density at radius 3 is 3.17 bits per heavy atom. The largest absolute Gasteiger partial charge is 0.349 e. The fraction of sp³-hybridized carbons (Fsp3) is 0.538. The first-order valence-corrected chi connectivity index (χ1v) is 7.36. The second kappa shape index (κ2) is 4.82. The molecule has 2 aromatic rings. The molecule has 0 bridgehead atoms. The minimum atomic E-state index is 0.409. The Kier molecular flexibility index (Phi) is 3.18. The lowest BCUT2D eigenvalue weighted by atomic mass is 9.96. The Morgan fingerprint density at radius 2 is 2.33 bits per heavy atom. The first-order chi connectivity index (χ1) is 8.81. The Bertz CT molecular complexity index is 539. The van der Waals surface area contributed by atoms with Gasteiger partial charge in [0.15, 0.2) is 0 Å². The molecule has 3 heterocycles. The molecule has 1 fully saturated rings. The van der Waals surface area contributed by atoms with Crippen LogP contribution in [-0.4, -0.2) is 28.6 Å². The highest BCUT2D eigenvalue weighted by molar-refractivity contribution is 7.16. The summed E-state index contributed by atoms with van der Waals surface area (Å²) in [4.78, 5) is 12.3. The van der Waals surface area contributed by atoms with Gasteiger partial charge in [-0.3, -0.25) is 0 Å². The van der Waals surface area contributed by atoms with Crippen molar-refractivity contribution < 1.29 is 0 Å². The number of piperidine rings is 1. The highest BCUT2D eigenvalue weighted by Crippen LogP contribution is 2.33. The highest BCUT2D eigenvalue weighted by Gasteiger charge is 2.29. The molecule has 2 N–H and O–H groups in total. The monoisotopic (exact) mass is 262 g/mol. The number of hydrogen-bond acceptors (Lipinski definition) is 5. The minimum Gasteiger partial charge on any atom is -0.349 e. The summed E-state index contributed by atoms with van der Waals surface area (Å²) in [6, 6.07) is 3.03. The Hall–Kier alpha value is -1.20. The summed E-state index contributed by atoms with van der Waals surface area (Å²) < 4.78 is 0. The van der Waals surface area contributed by atoms with Gasteiger partial charge in [-0.25, -0.2) is 9.97 Å². The number of aromatic nitrogens is 2. The van der Waals surface area contributed by atoms with E-state index in [-0.39, 0.29) is 0 Å². The van der Waals surface area contributed by atoms with Crippen LogP contribution in [0.3, 0.4) is 0 Å². The maximum atomic E-state index is 5.93. The van der Waals surface area contributed by atoms with Gasteiger partial charge in [0.1, 0.15) is 17.0 Å². The van der Waals surface area contributed by atoms with Gasteiger partial charge in [-0.2, -0.15) is 0 Å². The third-order valence-corrected chi connectivity index (χ3v) is 4.61. The molecule has 5 heteroatoms. The lowest BCUT2D eigenvalue weighted by Crippen LogP contribution is -2.49. The van der Waals surface area contributed by atoms with Crippen molar-refractivity contribution in [1.29, 1.82) is 0 Å². The van der Waals surface area contributed by atoms with Crippen LogP contribution in [0.4, 0.5) is 5.82 Å². The van der Waals surface area contributed by atoms with Gasteiger partial charge in [-0.05, 0) is 37.6 Å². The van der Waals surface area contributed by atoms with Crippen molar-refractivity contribution in [3.8, 4) is 0 Å². The van der Waals surface area contributed by atoms with Crippen LogP contribution in [0.15, 0.2) is 17.8 Å². The van der Waals surface area contributed by atoms with E-state index in [9.17, 15) is 0 Å². The number of nitrogens with two attached hydrogens (primary N) is 1. The zero-order valence-corrected chi connectivity index (χ0v) is 11.4. The number of fused-ring (bicyclic) bond motifs is 1. The standard InChI is InChI=1S/C13H18N4S/c1-9-3-2-4-10(7-14)17(9)12-11-5-6-18-13(11)16-8-15-12/h5-6,8-10H,2-4,7,14H2,1H3. The van der Waals surface area contributed by atoms with Crippen LogP contribution >= 0.6 is 11.3 Å². The van der Waals surface area contributed by atoms with Gasteiger partial charge < -0.3 is 10.6 Å². The van der Waals surface area contributed by atoms with Crippen LogP contribution in [0.2, 0.25) is 0 Å². The summed E-state index contributed by atoms with van der Waals surface area (Å²) in [5.74, 6) is 1.06. The Morgan fingerprint density at radius 1 is 1.44 bits per heavy atom. The van der Waals surface area contributed by atoms with E-state index in [0.717, 1.165) is 22.5 Å². The van der Waals surface area contributed by atoms with Crippen LogP contribution in [-0.2, 0) is 0 Å². The van der Waals surface area contributed by atoms with Crippen molar-refractivity contribution in [2.75, 3.05) is 11.4 Å². The summed E-state index contributed by atoms with van der Waals surface area (Å²) in [6.07, 6.45) is 5.31. The maximum Gasteiger partial charge on any atom is 0.141 e. The molecule has 96 valence electrons. The number of anilines is 1.